The van der Waals surface area contributed by atoms with Gasteiger partial charge in [0.15, 0.2) is 0 Å². The van der Waals surface area contributed by atoms with Gasteiger partial charge >= 0.3 is 5.97 Å². The quantitative estimate of drug-likeness (QED) is 0.933. The van der Waals surface area contributed by atoms with Crippen LogP contribution >= 0.6 is 0 Å². The first kappa shape index (κ1) is 12.7. The number of hydrogen-bond donors (Lipinski definition) is 1. The largest absolute Gasteiger partial charge is 0.493 e. The van der Waals surface area contributed by atoms with E-state index >= 15 is 0 Å². The third kappa shape index (κ3) is 2.05. The molecule has 2 aromatic rings. The van der Waals surface area contributed by atoms with Crippen molar-refractivity contribution in [2.75, 3.05) is 6.61 Å². The summed E-state index contributed by atoms with van der Waals surface area (Å²) in [4.78, 5) is 11.3. The second kappa shape index (κ2) is 4.67. The van der Waals surface area contributed by atoms with E-state index in [2.05, 4.69) is 5.10 Å². The number of carbonyl (C=O) groups is 1. The van der Waals surface area contributed by atoms with Gasteiger partial charge in [-0.2, -0.15) is 5.10 Å². The van der Waals surface area contributed by atoms with Crippen LogP contribution < -0.4 is 4.74 Å². The van der Waals surface area contributed by atoms with Gasteiger partial charge in [-0.15, -0.1) is 0 Å². The Morgan fingerprint density at radius 2 is 2.20 bits per heavy atom. The zero-order valence-corrected chi connectivity index (χ0v) is 11.5. The number of fused-ring (bicyclic) bond motifs is 1. The predicted molar refractivity (Wildman–Crippen MR) is 74.2 cm³/mol. The molecule has 1 aliphatic heterocycles. The summed E-state index contributed by atoms with van der Waals surface area (Å²) in [7, 11) is 0. The fourth-order valence-electron chi connectivity index (χ4n) is 2.43. The lowest BCUT2D eigenvalue weighted by molar-refractivity contribution is 0.0681. The molecule has 0 bridgehead atoms. The van der Waals surface area contributed by atoms with Crippen LogP contribution in [0.1, 0.15) is 35.9 Å². The number of carboxylic acid groups (broad SMARTS) is 1. The molecule has 0 aliphatic carbocycles. The second-order valence-electron chi connectivity index (χ2n) is 5.18. The van der Waals surface area contributed by atoms with Crippen molar-refractivity contribution in [2.24, 2.45) is 0 Å². The Labute approximate surface area is 116 Å². The fourth-order valence-corrected chi connectivity index (χ4v) is 2.43. The Bertz CT molecular complexity index is 674. The molecule has 0 radical (unpaired) electrons. The van der Waals surface area contributed by atoms with Crippen LogP contribution in [0.4, 0.5) is 0 Å². The smallest absolute Gasteiger partial charge is 0.354 e. The van der Waals surface area contributed by atoms with Gasteiger partial charge in [0, 0.05) is 18.0 Å². The maximum absolute atomic E-state index is 11.3. The van der Waals surface area contributed by atoms with Gasteiger partial charge in [0.05, 0.1) is 12.3 Å². The zero-order valence-electron chi connectivity index (χ0n) is 11.5. The number of carboxylic acids is 1. The van der Waals surface area contributed by atoms with Crippen molar-refractivity contribution in [3.05, 3.63) is 35.5 Å². The number of rotatable bonds is 3. The van der Waals surface area contributed by atoms with E-state index in [1.807, 2.05) is 32.0 Å². The monoisotopic (exact) mass is 272 g/mol. The number of benzene rings is 1. The third-order valence-corrected chi connectivity index (χ3v) is 3.43. The summed E-state index contributed by atoms with van der Waals surface area (Å²) >= 11 is 0. The van der Waals surface area contributed by atoms with E-state index < -0.39 is 5.97 Å². The molecule has 1 N–H and O–H groups in total. The Morgan fingerprint density at radius 1 is 1.40 bits per heavy atom. The van der Waals surface area contributed by atoms with Crippen LogP contribution in [0.15, 0.2) is 24.3 Å². The summed E-state index contributed by atoms with van der Waals surface area (Å²) in [6.45, 7) is 4.54. The molecule has 1 aromatic heterocycles. The van der Waals surface area contributed by atoms with Crippen molar-refractivity contribution in [1.29, 1.82) is 0 Å². The van der Waals surface area contributed by atoms with Gasteiger partial charge in [-0.3, -0.25) is 4.68 Å². The Morgan fingerprint density at radius 3 is 2.85 bits per heavy atom. The number of aromatic nitrogens is 2. The van der Waals surface area contributed by atoms with Crippen LogP contribution in [-0.2, 0) is 6.42 Å². The number of ether oxygens (including phenoxy) is 1. The second-order valence-corrected chi connectivity index (χ2v) is 5.18. The summed E-state index contributed by atoms with van der Waals surface area (Å²) in [5.74, 6) is -0.0440. The Hall–Kier alpha value is -2.30. The average Bonchev–Trinajstić information content (AvgIpc) is 3.04. The van der Waals surface area contributed by atoms with Crippen LogP contribution in [0.25, 0.3) is 11.3 Å². The first-order valence-corrected chi connectivity index (χ1v) is 6.65. The van der Waals surface area contributed by atoms with Gasteiger partial charge in [0.1, 0.15) is 11.4 Å². The Balaban J connectivity index is 2.06. The molecule has 1 aliphatic rings. The standard InChI is InChI=1S/C15H16N2O3/c1-9(2)17-13(15(18)19)8-12(16-17)10-3-4-14-11(7-10)5-6-20-14/h3-4,7-9H,5-6H2,1-2H3,(H,18,19). The highest BCUT2D eigenvalue weighted by Gasteiger charge is 2.19. The summed E-state index contributed by atoms with van der Waals surface area (Å²) in [6.07, 6.45) is 0.889. The predicted octanol–water partition coefficient (Wildman–Crippen LogP) is 2.76. The summed E-state index contributed by atoms with van der Waals surface area (Å²) in [5, 5.41) is 13.7. The molecular weight excluding hydrogens is 256 g/mol. The minimum Gasteiger partial charge on any atom is -0.493 e. The van der Waals surface area contributed by atoms with E-state index in [1.165, 1.54) is 0 Å². The first-order chi connectivity index (χ1) is 9.56. The number of hydrogen-bond acceptors (Lipinski definition) is 3. The molecule has 0 unspecified atom stereocenters. The van der Waals surface area contributed by atoms with Crippen molar-refractivity contribution < 1.29 is 14.6 Å². The minimum absolute atomic E-state index is 0.00705. The van der Waals surface area contributed by atoms with E-state index in [1.54, 1.807) is 10.7 Å². The molecule has 5 nitrogen and oxygen atoms in total. The topological polar surface area (TPSA) is 64.4 Å². The van der Waals surface area contributed by atoms with Crippen molar-refractivity contribution in [3.63, 3.8) is 0 Å². The molecule has 0 atom stereocenters. The highest BCUT2D eigenvalue weighted by Crippen LogP contribution is 2.30. The molecular formula is C15H16N2O3. The molecule has 0 fully saturated rings. The van der Waals surface area contributed by atoms with Gasteiger partial charge in [-0.25, -0.2) is 4.79 Å². The average molecular weight is 272 g/mol. The van der Waals surface area contributed by atoms with Gasteiger partial charge in [-0.1, -0.05) is 0 Å². The highest BCUT2D eigenvalue weighted by atomic mass is 16.5. The number of nitrogens with zero attached hydrogens (tertiary/aromatic N) is 2. The summed E-state index contributed by atoms with van der Waals surface area (Å²) < 4.78 is 7.02. The van der Waals surface area contributed by atoms with Crippen LogP contribution in [0.5, 0.6) is 5.75 Å². The van der Waals surface area contributed by atoms with E-state index in [4.69, 9.17) is 4.74 Å². The molecule has 2 heterocycles. The van der Waals surface area contributed by atoms with Crippen molar-refractivity contribution in [1.82, 2.24) is 9.78 Å². The lowest BCUT2D eigenvalue weighted by Crippen LogP contribution is -2.11. The highest BCUT2D eigenvalue weighted by molar-refractivity contribution is 5.87. The SMILES string of the molecule is CC(C)n1nc(-c2ccc3c(c2)CCO3)cc1C(=O)O. The molecule has 5 heteroatoms. The lowest BCUT2D eigenvalue weighted by atomic mass is 10.1. The molecule has 3 rings (SSSR count). The zero-order chi connectivity index (χ0) is 14.3. The normalized spacial score (nSPS) is 13.3. The molecule has 1 aromatic carbocycles. The molecule has 0 amide bonds. The van der Waals surface area contributed by atoms with Crippen molar-refractivity contribution in [3.8, 4) is 17.0 Å². The van der Waals surface area contributed by atoms with Gasteiger partial charge in [0.2, 0.25) is 0 Å². The van der Waals surface area contributed by atoms with E-state index in [0.29, 0.717) is 12.3 Å². The summed E-state index contributed by atoms with van der Waals surface area (Å²) in [6, 6.07) is 7.50. The Kier molecular flexibility index (Phi) is 2.97. The maximum atomic E-state index is 11.3. The van der Waals surface area contributed by atoms with Crippen LogP contribution in [0, 0.1) is 0 Å². The first-order valence-electron chi connectivity index (χ1n) is 6.65. The van der Waals surface area contributed by atoms with Gasteiger partial charge < -0.3 is 9.84 Å². The van der Waals surface area contributed by atoms with Gasteiger partial charge in [-0.05, 0) is 43.7 Å². The maximum Gasteiger partial charge on any atom is 0.354 e. The van der Waals surface area contributed by atoms with E-state index in [9.17, 15) is 9.90 Å². The molecule has 0 saturated heterocycles. The lowest BCUT2D eigenvalue weighted by Gasteiger charge is -2.07. The fraction of sp³-hybridized carbons (Fsp3) is 0.333. The minimum atomic E-state index is -0.957. The summed E-state index contributed by atoms with van der Waals surface area (Å²) in [5.41, 5.74) is 2.98. The number of aromatic carboxylic acids is 1. The molecule has 0 spiro atoms. The van der Waals surface area contributed by atoms with E-state index in [-0.39, 0.29) is 11.7 Å². The molecule has 0 saturated carbocycles. The van der Waals surface area contributed by atoms with E-state index in [0.717, 1.165) is 23.3 Å². The van der Waals surface area contributed by atoms with Crippen molar-refractivity contribution >= 4 is 5.97 Å². The van der Waals surface area contributed by atoms with Gasteiger partial charge in [0.25, 0.3) is 0 Å². The molecule has 104 valence electrons. The van der Waals surface area contributed by atoms with Crippen LogP contribution in [-0.4, -0.2) is 27.5 Å². The van der Waals surface area contributed by atoms with Crippen molar-refractivity contribution in [2.45, 2.75) is 26.3 Å². The molecule has 20 heavy (non-hydrogen) atoms. The van der Waals surface area contributed by atoms with Crippen LogP contribution in [0.2, 0.25) is 0 Å². The third-order valence-electron chi connectivity index (χ3n) is 3.43. The van der Waals surface area contributed by atoms with Crippen LogP contribution in [0.3, 0.4) is 0 Å².